The number of carbonyl (C=O) groups is 3. The summed E-state index contributed by atoms with van der Waals surface area (Å²) in [5, 5.41) is 14.9. The van der Waals surface area contributed by atoms with Crippen LogP contribution in [-0.2, 0) is 11.2 Å². The molecule has 0 spiro atoms. The van der Waals surface area contributed by atoms with E-state index in [-0.39, 0.29) is 30.5 Å². The fraction of sp³-hybridized carbons (Fsp3) is 0.222. The van der Waals surface area contributed by atoms with Gasteiger partial charge in [0, 0.05) is 18.7 Å². The second-order valence-corrected chi connectivity index (χ2v) is 8.88. The van der Waals surface area contributed by atoms with Crippen molar-refractivity contribution in [3.63, 3.8) is 0 Å². The maximum absolute atomic E-state index is 13.0. The number of hydrogen-bond acceptors (Lipinski definition) is 5. The fourth-order valence-electron chi connectivity index (χ4n) is 4.07. The minimum atomic E-state index is -0.990. The highest BCUT2D eigenvalue weighted by Gasteiger charge is 2.30. The van der Waals surface area contributed by atoms with Crippen molar-refractivity contribution in [1.82, 2.24) is 4.90 Å². The molecule has 186 valence electrons. The Kier molecular flexibility index (Phi) is 8.20. The van der Waals surface area contributed by atoms with E-state index in [4.69, 9.17) is 21.4 Å². The zero-order valence-corrected chi connectivity index (χ0v) is 20.2. The standard InChI is InChI=1S/C27H26ClN3O5/c28-22-4-1-2-5-23(22)30-27(35)29-20-11-7-18(8-12-20)16-25(32)24-6-3-15-31(24)17-36-21-13-9-19(10-14-21)26(33)34/h1-2,4-5,7-14,24H,3,6,15-17H2,(H,33,34)(H2,29,30,35)/t24-/m0/s1. The number of carboxylic acids is 1. The van der Waals surface area contributed by atoms with Crippen molar-refractivity contribution in [3.05, 3.63) is 88.9 Å². The molecular formula is C27H26ClN3O5. The predicted octanol–water partition coefficient (Wildman–Crippen LogP) is 5.29. The van der Waals surface area contributed by atoms with Crippen molar-refractivity contribution in [2.45, 2.75) is 25.3 Å². The quantitative estimate of drug-likeness (QED) is 0.363. The summed E-state index contributed by atoms with van der Waals surface area (Å²) in [6.45, 7) is 1.01. The van der Waals surface area contributed by atoms with Crippen molar-refractivity contribution in [1.29, 1.82) is 0 Å². The van der Waals surface area contributed by atoms with Crippen LogP contribution in [0.15, 0.2) is 72.8 Å². The molecule has 3 aromatic carbocycles. The van der Waals surface area contributed by atoms with E-state index >= 15 is 0 Å². The van der Waals surface area contributed by atoms with E-state index in [9.17, 15) is 14.4 Å². The number of likely N-dealkylation sites (tertiary alicyclic amines) is 1. The molecule has 36 heavy (non-hydrogen) atoms. The third-order valence-electron chi connectivity index (χ3n) is 5.95. The number of carbonyl (C=O) groups excluding carboxylic acids is 2. The summed E-state index contributed by atoms with van der Waals surface area (Å²) >= 11 is 6.07. The van der Waals surface area contributed by atoms with Gasteiger partial charge in [0.05, 0.1) is 22.3 Å². The van der Waals surface area contributed by atoms with Crippen LogP contribution in [0.25, 0.3) is 0 Å². The van der Waals surface area contributed by atoms with E-state index in [1.165, 1.54) is 12.1 Å². The lowest BCUT2D eigenvalue weighted by molar-refractivity contribution is -0.123. The summed E-state index contributed by atoms with van der Waals surface area (Å²) in [6, 6.07) is 19.7. The Morgan fingerprint density at radius 3 is 2.39 bits per heavy atom. The monoisotopic (exact) mass is 507 g/mol. The average molecular weight is 508 g/mol. The summed E-state index contributed by atoms with van der Waals surface area (Å²) in [6.07, 6.45) is 1.95. The molecule has 1 aliphatic rings. The molecule has 1 heterocycles. The third-order valence-corrected chi connectivity index (χ3v) is 6.28. The number of anilines is 2. The van der Waals surface area contributed by atoms with Crippen LogP contribution in [0.3, 0.4) is 0 Å². The second-order valence-electron chi connectivity index (χ2n) is 8.47. The van der Waals surface area contributed by atoms with Crippen LogP contribution in [0, 0.1) is 0 Å². The van der Waals surface area contributed by atoms with Gasteiger partial charge in [-0.1, -0.05) is 35.9 Å². The number of nitrogens with zero attached hydrogens (tertiary/aromatic N) is 1. The van der Waals surface area contributed by atoms with Crippen LogP contribution in [0.2, 0.25) is 5.02 Å². The minimum absolute atomic E-state index is 0.106. The van der Waals surface area contributed by atoms with Crippen LogP contribution in [-0.4, -0.2) is 47.1 Å². The van der Waals surface area contributed by atoms with E-state index in [1.807, 2.05) is 17.0 Å². The Bertz CT molecular complexity index is 1230. The van der Waals surface area contributed by atoms with E-state index < -0.39 is 12.0 Å². The number of aromatic carboxylic acids is 1. The number of para-hydroxylation sites is 1. The van der Waals surface area contributed by atoms with E-state index in [1.54, 1.807) is 48.5 Å². The summed E-state index contributed by atoms with van der Waals surface area (Å²) < 4.78 is 5.78. The van der Waals surface area contributed by atoms with Gasteiger partial charge in [0.25, 0.3) is 0 Å². The summed E-state index contributed by atoms with van der Waals surface area (Å²) in [5.41, 5.74) is 2.16. The lowest BCUT2D eigenvalue weighted by Gasteiger charge is -2.23. The number of amides is 2. The van der Waals surface area contributed by atoms with Gasteiger partial charge in [0.2, 0.25) is 0 Å². The zero-order chi connectivity index (χ0) is 25.5. The highest BCUT2D eigenvalue weighted by molar-refractivity contribution is 6.33. The number of rotatable bonds is 9. The van der Waals surface area contributed by atoms with Gasteiger partial charge in [-0.05, 0) is 66.9 Å². The van der Waals surface area contributed by atoms with Crippen molar-refractivity contribution in [2.75, 3.05) is 23.9 Å². The Morgan fingerprint density at radius 1 is 0.972 bits per heavy atom. The van der Waals surface area contributed by atoms with Gasteiger partial charge < -0.3 is 20.5 Å². The first-order valence-electron chi connectivity index (χ1n) is 11.5. The van der Waals surface area contributed by atoms with Crippen LogP contribution >= 0.6 is 11.6 Å². The lowest BCUT2D eigenvalue weighted by Crippen LogP contribution is -2.39. The Labute approximate surface area is 213 Å². The van der Waals surface area contributed by atoms with Crippen molar-refractivity contribution in [2.24, 2.45) is 0 Å². The Morgan fingerprint density at radius 2 is 1.69 bits per heavy atom. The normalized spacial score (nSPS) is 15.3. The first-order valence-corrected chi connectivity index (χ1v) is 11.9. The smallest absolute Gasteiger partial charge is 0.335 e. The summed E-state index contributed by atoms with van der Waals surface area (Å²) in [4.78, 5) is 38.2. The molecule has 3 aromatic rings. The number of hydrogen-bond donors (Lipinski definition) is 3. The van der Waals surface area contributed by atoms with Crippen LogP contribution < -0.4 is 15.4 Å². The highest BCUT2D eigenvalue weighted by atomic mass is 35.5. The molecule has 0 aromatic heterocycles. The van der Waals surface area contributed by atoms with Crippen molar-refractivity contribution < 1.29 is 24.2 Å². The highest BCUT2D eigenvalue weighted by Crippen LogP contribution is 2.23. The lowest BCUT2D eigenvalue weighted by atomic mass is 10.0. The largest absolute Gasteiger partial charge is 0.478 e. The molecule has 0 radical (unpaired) electrons. The van der Waals surface area contributed by atoms with E-state index in [0.29, 0.717) is 22.1 Å². The van der Waals surface area contributed by atoms with Gasteiger partial charge in [-0.2, -0.15) is 0 Å². The molecule has 3 N–H and O–H groups in total. The topological polar surface area (TPSA) is 108 Å². The van der Waals surface area contributed by atoms with E-state index in [2.05, 4.69) is 10.6 Å². The van der Waals surface area contributed by atoms with Gasteiger partial charge in [-0.15, -0.1) is 0 Å². The molecule has 0 saturated carbocycles. The second kappa shape index (κ2) is 11.7. The Balaban J connectivity index is 1.27. The van der Waals surface area contributed by atoms with Gasteiger partial charge in [-0.3, -0.25) is 9.69 Å². The predicted molar refractivity (Wildman–Crippen MR) is 138 cm³/mol. The fourth-order valence-corrected chi connectivity index (χ4v) is 4.25. The summed E-state index contributed by atoms with van der Waals surface area (Å²) in [5.74, 6) is -0.329. The molecule has 9 heteroatoms. The molecule has 1 saturated heterocycles. The number of halogens is 1. The number of benzene rings is 3. The molecule has 0 bridgehead atoms. The molecule has 0 unspecified atom stereocenters. The molecule has 1 atom stereocenters. The molecule has 1 fully saturated rings. The third kappa shape index (κ3) is 6.62. The van der Waals surface area contributed by atoms with Crippen LogP contribution in [0.4, 0.5) is 16.2 Å². The van der Waals surface area contributed by atoms with Gasteiger partial charge in [-0.25, -0.2) is 9.59 Å². The zero-order valence-electron chi connectivity index (χ0n) is 19.4. The minimum Gasteiger partial charge on any atom is -0.478 e. The van der Waals surface area contributed by atoms with E-state index in [0.717, 1.165) is 24.9 Å². The SMILES string of the molecule is O=C(Nc1ccc(CC(=O)[C@@H]2CCCN2COc2ccc(C(=O)O)cc2)cc1)Nc1ccccc1Cl. The first kappa shape index (κ1) is 25.2. The maximum Gasteiger partial charge on any atom is 0.335 e. The summed E-state index contributed by atoms with van der Waals surface area (Å²) in [7, 11) is 0. The number of carboxylic acid groups (broad SMARTS) is 1. The first-order chi connectivity index (χ1) is 17.4. The number of nitrogens with one attached hydrogen (secondary N) is 2. The number of ketones is 1. The van der Waals surface area contributed by atoms with Crippen molar-refractivity contribution >= 4 is 40.8 Å². The number of ether oxygens (including phenoxy) is 1. The van der Waals surface area contributed by atoms with Gasteiger partial charge in [0.15, 0.2) is 5.78 Å². The average Bonchev–Trinajstić information content (AvgIpc) is 3.34. The Hall–Kier alpha value is -3.88. The molecule has 0 aliphatic carbocycles. The van der Waals surface area contributed by atoms with Crippen LogP contribution in [0.5, 0.6) is 5.75 Å². The van der Waals surface area contributed by atoms with Crippen molar-refractivity contribution in [3.8, 4) is 5.75 Å². The molecular weight excluding hydrogens is 482 g/mol. The number of Topliss-reactive ketones (excluding diaryl/α,β-unsaturated/α-hetero) is 1. The molecule has 2 amide bonds. The maximum atomic E-state index is 13.0. The van der Waals surface area contributed by atoms with Gasteiger partial charge >= 0.3 is 12.0 Å². The van der Waals surface area contributed by atoms with Gasteiger partial charge in [0.1, 0.15) is 12.5 Å². The molecule has 1 aliphatic heterocycles. The molecule has 8 nitrogen and oxygen atoms in total. The van der Waals surface area contributed by atoms with Crippen LogP contribution in [0.1, 0.15) is 28.8 Å². The molecule has 4 rings (SSSR count). The number of urea groups is 1.